The topological polar surface area (TPSA) is 126 Å². The summed E-state index contributed by atoms with van der Waals surface area (Å²) in [6.07, 6.45) is 2.26. The fourth-order valence-electron chi connectivity index (χ4n) is 3.08. The predicted molar refractivity (Wildman–Crippen MR) is 109 cm³/mol. The number of sulfonamides is 2. The molecule has 0 radical (unpaired) electrons. The fourth-order valence-corrected chi connectivity index (χ4v) is 7.14. The Hall–Kier alpha value is -2.37. The van der Waals surface area contributed by atoms with Gasteiger partial charge in [-0.25, -0.2) is 21.6 Å². The number of ketones is 1. The molecular weight excluding hydrogens is 438 g/mol. The molecule has 0 saturated carbocycles. The van der Waals surface area contributed by atoms with E-state index in [-0.39, 0.29) is 28.4 Å². The van der Waals surface area contributed by atoms with Crippen LogP contribution >= 0.6 is 11.8 Å². The molecule has 0 saturated heterocycles. The largest absolute Gasteiger partial charge is 0.478 e. The third-order valence-corrected chi connectivity index (χ3v) is 8.51. The van der Waals surface area contributed by atoms with E-state index >= 15 is 0 Å². The van der Waals surface area contributed by atoms with Gasteiger partial charge in [0.2, 0.25) is 20.0 Å². The first-order chi connectivity index (χ1) is 13.4. The van der Waals surface area contributed by atoms with Crippen LogP contribution in [0.5, 0.6) is 0 Å². The second kappa shape index (κ2) is 7.47. The molecule has 0 atom stereocenters. The van der Waals surface area contributed by atoms with Gasteiger partial charge in [-0.3, -0.25) is 4.79 Å². The number of anilines is 1. The molecule has 0 amide bonds. The van der Waals surface area contributed by atoms with Gasteiger partial charge in [0.15, 0.2) is 5.78 Å². The average Bonchev–Trinajstić information content (AvgIpc) is 2.93. The van der Waals surface area contributed by atoms with Gasteiger partial charge in [0, 0.05) is 21.8 Å². The zero-order chi connectivity index (χ0) is 21.6. The highest BCUT2D eigenvalue weighted by molar-refractivity contribution is 8.09. The highest BCUT2D eigenvalue weighted by Gasteiger charge is 2.32. The third kappa shape index (κ3) is 4.46. The highest BCUT2D eigenvalue weighted by Crippen LogP contribution is 2.41. The summed E-state index contributed by atoms with van der Waals surface area (Å²) in [5.74, 6) is -1.19. The van der Waals surface area contributed by atoms with Gasteiger partial charge in [0.25, 0.3) is 0 Å². The number of carboxylic acid groups (broad SMARTS) is 1. The van der Waals surface area contributed by atoms with Gasteiger partial charge >= 0.3 is 5.97 Å². The van der Waals surface area contributed by atoms with Crippen molar-refractivity contribution in [3.05, 3.63) is 53.1 Å². The van der Waals surface area contributed by atoms with Gasteiger partial charge in [-0.2, -0.15) is 3.71 Å². The molecule has 0 aliphatic heterocycles. The van der Waals surface area contributed by atoms with Gasteiger partial charge in [-0.15, -0.1) is 0 Å². The number of aromatic carboxylic acids is 1. The van der Waals surface area contributed by atoms with Gasteiger partial charge in [0.05, 0.1) is 23.8 Å². The van der Waals surface area contributed by atoms with Crippen molar-refractivity contribution in [2.45, 2.75) is 22.6 Å². The smallest absolute Gasteiger partial charge is 0.335 e. The maximum absolute atomic E-state index is 12.3. The van der Waals surface area contributed by atoms with Crippen LogP contribution in [0.4, 0.5) is 5.69 Å². The molecule has 1 aliphatic rings. The van der Waals surface area contributed by atoms with Crippen LogP contribution in [0.2, 0.25) is 0 Å². The molecule has 29 heavy (non-hydrogen) atoms. The molecule has 8 nitrogen and oxygen atoms in total. The monoisotopic (exact) mass is 455 g/mol. The van der Waals surface area contributed by atoms with Crippen molar-refractivity contribution in [1.82, 2.24) is 0 Å². The molecule has 11 heteroatoms. The minimum atomic E-state index is -4.17. The molecule has 3 rings (SSSR count). The Labute approximate surface area is 172 Å². The van der Waals surface area contributed by atoms with Crippen LogP contribution in [0.3, 0.4) is 0 Å². The molecule has 154 valence electrons. The first kappa shape index (κ1) is 21.3. The molecular formula is C18H17NO7S3. The zero-order valence-corrected chi connectivity index (χ0v) is 17.9. The molecule has 0 spiro atoms. The Kier molecular flexibility index (Phi) is 5.50. The first-order valence-electron chi connectivity index (χ1n) is 8.30. The number of nitrogens with zero attached hydrogens (tertiary/aromatic N) is 1. The summed E-state index contributed by atoms with van der Waals surface area (Å²) in [7, 11) is -8.34. The van der Waals surface area contributed by atoms with Crippen LogP contribution in [0.25, 0.3) is 0 Å². The first-order valence-corrected chi connectivity index (χ1v) is 12.8. The Morgan fingerprint density at radius 3 is 2.10 bits per heavy atom. The molecule has 0 unspecified atom stereocenters. The number of carbonyl (C=O) groups excluding carboxylic acids is 1. The molecule has 2 aromatic carbocycles. The Bertz CT molecular complexity index is 1180. The standard InChI is InChI=1S/C18H17NO7S3/c1-28(23,24)19(29(2,25)26)15-9-12-5-8-16(20)14(12)10-17(15)27-13-6-3-11(4-7-13)18(21)22/h3-4,6-7,9-10H,5,8H2,1-2H3,(H,21,22). The lowest BCUT2D eigenvalue weighted by atomic mass is 10.1. The number of benzene rings is 2. The van der Waals surface area contributed by atoms with Crippen LogP contribution in [0.15, 0.2) is 46.2 Å². The highest BCUT2D eigenvalue weighted by atomic mass is 32.3. The zero-order valence-electron chi connectivity index (χ0n) is 15.4. The quantitative estimate of drug-likeness (QED) is 0.704. The van der Waals surface area contributed by atoms with Gasteiger partial charge in [-0.1, -0.05) is 11.8 Å². The van der Waals surface area contributed by atoms with E-state index in [2.05, 4.69) is 0 Å². The number of Topliss-reactive ketones (excluding diaryl/α,β-unsaturated/α-hetero) is 1. The van der Waals surface area contributed by atoms with E-state index in [4.69, 9.17) is 5.11 Å². The summed E-state index contributed by atoms with van der Waals surface area (Å²) < 4.78 is 49.4. The van der Waals surface area contributed by atoms with Crippen molar-refractivity contribution >= 4 is 49.2 Å². The van der Waals surface area contributed by atoms with Gasteiger partial charge < -0.3 is 5.11 Å². The SMILES string of the molecule is CS(=O)(=O)N(c1cc2c(cc1Sc1ccc(C(=O)O)cc1)C(=O)CC2)S(C)(=O)=O. The normalized spacial score (nSPS) is 13.9. The number of hydrogen-bond donors (Lipinski definition) is 1. The summed E-state index contributed by atoms with van der Waals surface area (Å²) in [5, 5.41) is 9.01. The molecule has 0 heterocycles. The van der Waals surface area contributed by atoms with E-state index in [0.29, 0.717) is 26.2 Å². The number of aryl methyl sites for hydroxylation is 1. The van der Waals surface area contributed by atoms with E-state index < -0.39 is 26.0 Å². The van der Waals surface area contributed by atoms with Crippen molar-refractivity contribution in [2.75, 3.05) is 16.2 Å². The minimum absolute atomic E-state index is 0.0595. The summed E-state index contributed by atoms with van der Waals surface area (Å²) in [5.41, 5.74) is 1.04. The van der Waals surface area contributed by atoms with Gasteiger partial charge in [-0.05, 0) is 48.4 Å². The van der Waals surface area contributed by atoms with Crippen molar-refractivity contribution in [1.29, 1.82) is 0 Å². The summed E-state index contributed by atoms with van der Waals surface area (Å²) in [4.78, 5) is 24.0. The number of carboxylic acids is 1. The van der Waals surface area contributed by atoms with Crippen LogP contribution in [-0.4, -0.2) is 46.2 Å². The van der Waals surface area contributed by atoms with Gasteiger partial charge in [0.1, 0.15) is 0 Å². The average molecular weight is 456 g/mol. The summed E-state index contributed by atoms with van der Waals surface area (Å²) in [6.45, 7) is 0. The molecule has 0 aromatic heterocycles. The van der Waals surface area contributed by atoms with E-state index in [9.17, 15) is 26.4 Å². The summed E-state index contributed by atoms with van der Waals surface area (Å²) >= 11 is 1.05. The Morgan fingerprint density at radius 2 is 1.59 bits per heavy atom. The van der Waals surface area contributed by atoms with Crippen LogP contribution < -0.4 is 3.71 Å². The lowest BCUT2D eigenvalue weighted by Crippen LogP contribution is -2.35. The lowest BCUT2D eigenvalue weighted by molar-refractivity contribution is 0.0696. The number of rotatable bonds is 6. The Morgan fingerprint density at radius 1 is 1.00 bits per heavy atom. The number of carbonyl (C=O) groups is 2. The van der Waals surface area contributed by atoms with E-state index in [1.807, 2.05) is 0 Å². The summed E-state index contributed by atoms with van der Waals surface area (Å²) in [6, 6.07) is 8.74. The lowest BCUT2D eigenvalue weighted by Gasteiger charge is -2.23. The maximum Gasteiger partial charge on any atom is 0.335 e. The van der Waals surface area contributed by atoms with E-state index in [0.717, 1.165) is 24.3 Å². The van der Waals surface area contributed by atoms with Crippen molar-refractivity contribution < 1.29 is 31.5 Å². The minimum Gasteiger partial charge on any atom is -0.478 e. The number of fused-ring (bicyclic) bond motifs is 1. The van der Waals surface area contributed by atoms with Crippen LogP contribution in [-0.2, 0) is 26.5 Å². The van der Waals surface area contributed by atoms with E-state index in [1.165, 1.54) is 36.4 Å². The third-order valence-electron chi connectivity index (χ3n) is 4.23. The molecule has 2 aromatic rings. The van der Waals surface area contributed by atoms with Crippen molar-refractivity contribution in [3.8, 4) is 0 Å². The molecule has 1 N–H and O–H groups in total. The van der Waals surface area contributed by atoms with Crippen molar-refractivity contribution in [2.24, 2.45) is 0 Å². The second-order valence-electron chi connectivity index (χ2n) is 6.55. The second-order valence-corrected chi connectivity index (χ2v) is 11.6. The van der Waals surface area contributed by atoms with Crippen LogP contribution in [0.1, 0.15) is 32.7 Å². The molecule has 1 aliphatic carbocycles. The van der Waals surface area contributed by atoms with Crippen molar-refractivity contribution in [3.63, 3.8) is 0 Å². The molecule has 0 fully saturated rings. The fraction of sp³-hybridized carbons (Fsp3) is 0.222. The van der Waals surface area contributed by atoms with Crippen LogP contribution in [0, 0.1) is 0 Å². The predicted octanol–water partition coefficient (Wildman–Crippen LogP) is 2.39. The maximum atomic E-state index is 12.3. The number of hydrogen-bond acceptors (Lipinski definition) is 7. The molecule has 0 bridgehead atoms. The Balaban J connectivity index is 2.18. The van der Waals surface area contributed by atoms with E-state index in [1.54, 1.807) is 0 Å².